The van der Waals surface area contributed by atoms with E-state index in [1.807, 2.05) is 13.8 Å². The van der Waals surface area contributed by atoms with Crippen LogP contribution in [0.25, 0.3) is 0 Å². The zero-order valence-corrected chi connectivity index (χ0v) is 9.11. The lowest BCUT2D eigenvalue weighted by Gasteiger charge is -2.22. The second-order valence-electron chi connectivity index (χ2n) is 3.91. The van der Waals surface area contributed by atoms with Crippen LogP contribution in [-0.4, -0.2) is 13.3 Å². The van der Waals surface area contributed by atoms with Crippen molar-refractivity contribution in [2.45, 2.75) is 32.9 Å². The van der Waals surface area contributed by atoms with Crippen molar-refractivity contribution in [2.24, 2.45) is 5.92 Å². The van der Waals surface area contributed by atoms with Crippen LogP contribution in [0.1, 0.15) is 26.7 Å². The van der Waals surface area contributed by atoms with Gasteiger partial charge in [0.05, 0.1) is 12.7 Å². The standard InChI is InChI=1S/C11H15F3O/c1-7(2)8-4-5-10(15-3)9(6-8)11(12,13)14/h6-7H,4-5H2,1-3H3. The van der Waals surface area contributed by atoms with E-state index in [0.29, 0.717) is 12.8 Å². The second kappa shape index (κ2) is 4.29. The first kappa shape index (κ1) is 12.1. The summed E-state index contributed by atoms with van der Waals surface area (Å²) >= 11 is 0. The zero-order valence-electron chi connectivity index (χ0n) is 9.11. The SMILES string of the molecule is COC1=C(C(F)(F)F)C=C(C(C)C)CC1. The van der Waals surface area contributed by atoms with Gasteiger partial charge in [0.1, 0.15) is 5.76 Å². The van der Waals surface area contributed by atoms with E-state index in [-0.39, 0.29) is 11.7 Å². The molecule has 0 aromatic carbocycles. The quantitative estimate of drug-likeness (QED) is 0.687. The summed E-state index contributed by atoms with van der Waals surface area (Å²) in [7, 11) is 1.29. The van der Waals surface area contributed by atoms with Crippen molar-refractivity contribution in [1.29, 1.82) is 0 Å². The molecule has 0 N–H and O–H groups in total. The van der Waals surface area contributed by atoms with E-state index >= 15 is 0 Å². The van der Waals surface area contributed by atoms with E-state index in [9.17, 15) is 13.2 Å². The highest BCUT2D eigenvalue weighted by atomic mass is 19.4. The Hall–Kier alpha value is -0.930. The summed E-state index contributed by atoms with van der Waals surface area (Å²) in [5, 5.41) is 0. The number of hydrogen-bond donors (Lipinski definition) is 0. The topological polar surface area (TPSA) is 9.23 Å². The molecule has 0 atom stereocenters. The zero-order chi connectivity index (χ0) is 11.6. The number of rotatable bonds is 2. The molecule has 0 amide bonds. The summed E-state index contributed by atoms with van der Waals surface area (Å²) in [5.41, 5.74) is 0.211. The molecule has 0 aromatic heterocycles. The molecule has 0 radical (unpaired) electrons. The molecular formula is C11H15F3O. The van der Waals surface area contributed by atoms with Crippen molar-refractivity contribution >= 4 is 0 Å². The largest absolute Gasteiger partial charge is 0.500 e. The predicted octanol–water partition coefficient (Wildman–Crippen LogP) is 3.83. The maximum atomic E-state index is 12.6. The molecule has 0 aromatic rings. The molecule has 0 spiro atoms. The number of methoxy groups -OCH3 is 1. The van der Waals surface area contributed by atoms with Gasteiger partial charge < -0.3 is 4.74 Å². The van der Waals surface area contributed by atoms with Gasteiger partial charge in [-0.15, -0.1) is 0 Å². The highest BCUT2D eigenvalue weighted by Gasteiger charge is 2.37. The van der Waals surface area contributed by atoms with E-state index in [2.05, 4.69) is 0 Å². The van der Waals surface area contributed by atoms with Crippen molar-refractivity contribution < 1.29 is 17.9 Å². The van der Waals surface area contributed by atoms with Crippen LogP contribution < -0.4 is 0 Å². The van der Waals surface area contributed by atoms with Crippen LogP contribution >= 0.6 is 0 Å². The van der Waals surface area contributed by atoms with Crippen LogP contribution in [0.15, 0.2) is 23.0 Å². The monoisotopic (exact) mass is 220 g/mol. The molecule has 0 unspecified atom stereocenters. The van der Waals surface area contributed by atoms with Crippen LogP contribution in [0.4, 0.5) is 13.2 Å². The number of ether oxygens (including phenoxy) is 1. The Morgan fingerprint density at radius 3 is 2.27 bits per heavy atom. The van der Waals surface area contributed by atoms with Gasteiger partial charge in [-0.1, -0.05) is 19.4 Å². The van der Waals surface area contributed by atoms with Gasteiger partial charge in [-0.05, 0) is 18.4 Å². The third kappa shape index (κ3) is 2.76. The minimum Gasteiger partial charge on any atom is -0.500 e. The summed E-state index contributed by atoms with van der Waals surface area (Å²) in [4.78, 5) is 0. The molecule has 0 heterocycles. The third-order valence-electron chi connectivity index (χ3n) is 2.56. The van der Waals surface area contributed by atoms with E-state index < -0.39 is 11.7 Å². The smallest absolute Gasteiger partial charge is 0.419 e. The number of hydrogen-bond acceptors (Lipinski definition) is 1. The number of alkyl halides is 3. The second-order valence-corrected chi connectivity index (χ2v) is 3.91. The van der Waals surface area contributed by atoms with Crippen LogP contribution in [0.3, 0.4) is 0 Å². The molecule has 15 heavy (non-hydrogen) atoms. The minimum absolute atomic E-state index is 0.0481. The average Bonchev–Trinajstić information content (AvgIpc) is 2.15. The van der Waals surface area contributed by atoms with Crippen LogP contribution in [-0.2, 0) is 4.74 Å². The van der Waals surface area contributed by atoms with Crippen molar-refractivity contribution in [3.63, 3.8) is 0 Å². The predicted molar refractivity (Wildman–Crippen MR) is 52.2 cm³/mol. The fourth-order valence-corrected chi connectivity index (χ4v) is 1.64. The molecule has 4 heteroatoms. The summed E-state index contributed by atoms with van der Waals surface area (Å²) in [6, 6.07) is 0. The Bertz CT molecular complexity index is 297. The molecule has 1 aliphatic carbocycles. The fourth-order valence-electron chi connectivity index (χ4n) is 1.64. The van der Waals surface area contributed by atoms with E-state index in [1.165, 1.54) is 13.2 Å². The number of halogens is 3. The first-order valence-electron chi connectivity index (χ1n) is 4.91. The Kier molecular flexibility index (Phi) is 3.47. The van der Waals surface area contributed by atoms with Gasteiger partial charge in [-0.2, -0.15) is 13.2 Å². The third-order valence-corrected chi connectivity index (χ3v) is 2.56. The number of allylic oxidation sites excluding steroid dienone is 4. The summed E-state index contributed by atoms with van der Waals surface area (Å²) < 4.78 is 42.7. The lowest BCUT2D eigenvalue weighted by molar-refractivity contribution is -0.0920. The molecule has 1 nitrogen and oxygen atoms in total. The van der Waals surface area contributed by atoms with E-state index in [4.69, 9.17) is 4.74 Å². The van der Waals surface area contributed by atoms with Gasteiger partial charge >= 0.3 is 6.18 Å². The van der Waals surface area contributed by atoms with Gasteiger partial charge in [-0.25, -0.2) is 0 Å². The van der Waals surface area contributed by atoms with Crippen molar-refractivity contribution in [3.8, 4) is 0 Å². The molecule has 1 aliphatic rings. The van der Waals surface area contributed by atoms with Crippen LogP contribution in [0.2, 0.25) is 0 Å². The van der Waals surface area contributed by atoms with E-state index in [1.54, 1.807) is 0 Å². The van der Waals surface area contributed by atoms with Gasteiger partial charge in [0.15, 0.2) is 0 Å². The molecule has 0 saturated heterocycles. The summed E-state index contributed by atoms with van der Waals surface area (Å²) in [6.07, 6.45) is -2.09. The Morgan fingerprint density at radius 2 is 1.87 bits per heavy atom. The Labute approximate surface area is 87.6 Å². The summed E-state index contributed by atoms with van der Waals surface area (Å²) in [6.45, 7) is 3.80. The molecule has 1 rings (SSSR count). The maximum Gasteiger partial charge on any atom is 0.419 e. The van der Waals surface area contributed by atoms with Gasteiger partial charge in [-0.3, -0.25) is 0 Å². The first-order chi connectivity index (χ1) is 6.86. The van der Waals surface area contributed by atoms with Crippen molar-refractivity contribution in [2.75, 3.05) is 7.11 Å². The molecule has 0 fully saturated rings. The lowest BCUT2D eigenvalue weighted by Crippen LogP contribution is -2.17. The van der Waals surface area contributed by atoms with Crippen LogP contribution in [0, 0.1) is 5.92 Å². The van der Waals surface area contributed by atoms with Gasteiger partial charge in [0.2, 0.25) is 0 Å². The Balaban J connectivity index is 3.09. The molecule has 0 bridgehead atoms. The maximum absolute atomic E-state index is 12.6. The minimum atomic E-state index is -4.31. The van der Waals surface area contributed by atoms with Crippen molar-refractivity contribution in [1.82, 2.24) is 0 Å². The van der Waals surface area contributed by atoms with Gasteiger partial charge in [0.25, 0.3) is 0 Å². The fraction of sp³-hybridized carbons (Fsp3) is 0.636. The molecule has 86 valence electrons. The lowest BCUT2D eigenvalue weighted by atomic mass is 9.90. The first-order valence-corrected chi connectivity index (χ1v) is 4.91. The van der Waals surface area contributed by atoms with E-state index in [0.717, 1.165) is 5.57 Å². The average molecular weight is 220 g/mol. The highest BCUT2D eigenvalue weighted by molar-refractivity contribution is 5.35. The molecule has 0 aliphatic heterocycles. The Morgan fingerprint density at radius 1 is 1.27 bits per heavy atom. The highest BCUT2D eigenvalue weighted by Crippen LogP contribution is 2.37. The van der Waals surface area contributed by atoms with Crippen molar-refractivity contribution in [3.05, 3.63) is 23.0 Å². The van der Waals surface area contributed by atoms with Crippen LogP contribution in [0.5, 0.6) is 0 Å². The normalized spacial score (nSPS) is 18.2. The van der Waals surface area contributed by atoms with Gasteiger partial charge in [0, 0.05) is 6.42 Å². The molecule has 0 saturated carbocycles. The summed E-state index contributed by atoms with van der Waals surface area (Å²) in [5.74, 6) is 0.202. The molecular weight excluding hydrogens is 205 g/mol.